The number of phosphoric acid groups is 1. The molecule has 2 atom stereocenters. The lowest BCUT2D eigenvalue weighted by atomic mass is 10.0. The van der Waals surface area contributed by atoms with Crippen molar-refractivity contribution in [1.29, 1.82) is 0 Å². The second kappa shape index (κ2) is 44.1. The van der Waals surface area contributed by atoms with E-state index < -0.39 is 26.5 Å². The van der Waals surface area contributed by atoms with Crippen molar-refractivity contribution in [3.05, 3.63) is 24.3 Å². The van der Waals surface area contributed by atoms with Crippen LogP contribution in [0.2, 0.25) is 0 Å². The third-order valence-electron chi connectivity index (χ3n) is 10.4. The fourth-order valence-electron chi connectivity index (χ4n) is 6.77. The van der Waals surface area contributed by atoms with Crippen LogP contribution in [0.3, 0.4) is 0 Å². The van der Waals surface area contributed by atoms with Crippen molar-refractivity contribution in [3.8, 4) is 0 Å². The molecule has 0 aromatic carbocycles. The molecule has 10 heteroatoms. The Morgan fingerprint density at radius 2 is 0.947 bits per heavy atom. The van der Waals surface area contributed by atoms with E-state index in [-0.39, 0.29) is 32.1 Å². The van der Waals surface area contributed by atoms with Gasteiger partial charge in [-0.25, -0.2) is 4.57 Å². The van der Waals surface area contributed by atoms with Gasteiger partial charge in [-0.05, 0) is 44.9 Å². The van der Waals surface area contributed by atoms with Crippen LogP contribution in [0.15, 0.2) is 24.3 Å². The van der Waals surface area contributed by atoms with Crippen LogP contribution in [0, 0.1) is 0 Å². The molecule has 0 aromatic heterocycles. The summed E-state index contributed by atoms with van der Waals surface area (Å²) in [4.78, 5) is 34.0. The van der Waals surface area contributed by atoms with Crippen LogP contribution < -0.4 is 5.32 Å². The zero-order valence-electron chi connectivity index (χ0n) is 37.0. The van der Waals surface area contributed by atoms with Crippen LogP contribution in [0.5, 0.6) is 0 Å². The predicted molar refractivity (Wildman–Crippen MR) is 238 cm³/mol. The summed E-state index contributed by atoms with van der Waals surface area (Å²) in [5.74, 6) is -0.510. The first-order valence-electron chi connectivity index (χ1n) is 23.8. The molecule has 0 aliphatic heterocycles. The number of hydrogen-bond acceptors (Lipinski definition) is 7. The lowest BCUT2D eigenvalue weighted by Crippen LogP contribution is -2.27. The van der Waals surface area contributed by atoms with E-state index in [1.807, 2.05) is 0 Å². The molecule has 2 unspecified atom stereocenters. The number of nitrogens with one attached hydrogen (secondary N) is 1. The lowest BCUT2D eigenvalue weighted by Gasteiger charge is -2.15. The highest BCUT2D eigenvalue weighted by Crippen LogP contribution is 2.42. The van der Waals surface area contributed by atoms with Crippen molar-refractivity contribution in [1.82, 2.24) is 5.32 Å². The van der Waals surface area contributed by atoms with E-state index in [1.165, 1.54) is 161 Å². The Hall–Kier alpha value is -1.51. The zero-order chi connectivity index (χ0) is 41.8. The summed E-state index contributed by atoms with van der Waals surface area (Å²) in [5.41, 5.74) is 0. The van der Waals surface area contributed by atoms with Gasteiger partial charge in [0.05, 0.1) is 13.2 Å². The highest BCUT2D eigenvalue weighted by Gasteiger charge is 2.23. The Balaban J connectivity index is 3.55. The number of allylic oxidation sites excluding steroid dienone is 4. The molecule has 0 saturated carbocycles. The van der Waals surface area contributed by atoms with Gasteiger partial charge in [0.2, 0.25) is 5.91 Å². The molecule has 0 radical (unpaired) electrons. The molecular weight excluding hydrogens is 737 g/mol. The fraction of sp³-hybridized carbons (Fsp3) is 0.872. The van der Waals surface area contributed by atoms with Crippen molar-refractivity contribution in [2.45, 2.75) is 238 Å². The van der Waals surface area contributed by atoms with Gasteiger partial charge in [-0.1, -0.05) is 199 Å². The van der Waals surface area contributed by atoms with Gasteiger partial charge in [0.1, 0.15) is 12.7 Å². The van der Waals surface area contributed by atoms with Gasteiger partial charge in [0, 0.05) is 19.4 Å². The van der Waals surface area contributed by atoms with Crippen LogP contribution >= 0.6 is 7.82 Å². The SMILES string of the molecule is CCCCC/C=C\C/C=C\CCCCCCCCCCCCCC(=O)NCCOP(=O)(O)OCC(O)COC(=O)CCCCCCCCCCCCCCCCC. The minimum atomic E-state index is -4.42. The normalized spacial score (nSPS) is 13.4. The first-order chi connectivity index (χ1) is 27.8. The van der Waals surface area contributed by atoms with Crippen LogP contribution in [0.1, 0.15) is 232 Å². The summed E-state index contributed by atoms with van der Waals surface area (Å²) in [6.07, 6.45) is 48.2. The number of carbonyl (C=O) groups is 2. The van der Waals surface area contributed by atoms with E-state index in [2.05, 4.69) is 43.5 Å². The van der Waals surface area contributed by atoms with Crippen molar-refractivity contribution in [3.63, 3.8) is 0 Å². The predicted octanol–water partition coefficient (Wildman–Crippen LogP) is 13.6. The molecule has 0 spiro atoms. The third kappa shape index (κ3) is 45.4. The number of phosphoric ester groups is 1. The Morgan fingerprint density at radius 3 is 1.44 bits per heavy atom. The average molecular weight is 828 g/mol. The number of rotatable bonds is 45. The lowest BCUT2D eigenvalue weighted by molar-refractivity contribution is -0.147. The zero-order valence-corrected chi connectivity index (χ0v) is 37.9. The second-order valence-corrected chi connectivity index (χ2v) is 17.5. The molecular formula is C47H90NO8P. The number of unbranched alkanes of at least 4 members (excludes halogenated alkanes) is 28. The van der Waals surface area contributed by atoms with Crippen LogP contribution in [-0.2, 0) is 27.9 Å². The summed E-state index contributed by atoms with van der Waals surface area (Å²) in [7, 11) is -4.42. The topological polar surface area (TPSA) is 131 Å². The first kappa shape index (κ1) is 55.5. The number of amides is 1. The minimum Gasteiger partial charge on any atom is -0.463 e. The van der Waals surface area contributed by atoms with Gasteiger partial charge < -0.3 is 20.1 Å². The van der Waals surface area contributed by atoms with Crippen LogP contribution in [0.4, 0.5) is 0 Å². The molecule has 9 nitrogen and oxygen atoms in total. The summed E-state index contributed by atoms with van der Waals surface area (Å²) in [5, 5.41) is 12.7. The number of aliphatic hydroxyl groups excluding tert-OH is 1. The molecule has 3 N–H and O–H groups in total. The van der Waals surface area contributed by atoms with E-state index >= 15 is 0 Å². The summed E-state index contributed by atoms with van der Waals surface area (Å²) >= 11 is 0. The Bertz CT molecular complexity index is 990. The van der Waals surface area contributed by atoms with E-state index in [9.17, 15) is 24.2 Å². The maximum Gasteiger partial charge on any atom is 0.472 e. The molecule has 0 saturated heterocycles. The van der Waals surface area contributed by atoms with Crippen LogP contribution in [-0.4, -0.2) is 54.3 Å². The van der Waals surface area contributed by atoms with Gasteiger partial charge in [0.25, 0.3) is 0 Å². The number of hydrogen-bond donors (Lipinski definition) is 3. The van der Waals surface area contributed by atoms with Crippen LogP contribution in [0.25, 0.3) is 0 Å². The van der Waals surface area contributed by atoms with E-state index in [1.54, 1.807) is 0 Å². The van der Waals surface area contributed by atoms with Crippen molar-refractivity contribution in [2.24, 2.45) is 0 Å². The molecule has 0 rings (SSSR count). The van der Waals surface area contributed by atoms with Crippen molar-refractivity contribution < 1.29 is 37.9 Å². The molecule has 0 bridgehead atoms. The van der Waals surface area contributed by atoms with Gasteiger partial charge in [0.15, 0.2) is 0 Å². The highest BCUT2D eigenvalue weighted by atomic mass is 31.2. The standard InChI is InChI=1S/C47H90NO8P/c1-3-5-7-9-11-13-15-17-19-20-21-22-23-24-26-27-29-31-33-35-37-39-46(50)48-41-42-55-57(52,53)56-44-45(49)43-54-47(51)40-38-36-34-32-30-28-25-18-16-14-12-10-8-6-4-2/h11,13,17,19,45,49H,3-10,12,14-16,18,20-44H2,1-2H3,(H,48,50)(H,52,53)/b13-11-,19-17-. The number of carbonyl (C=O) groups excluding carboxylic acids is 2. The largest absolute Gasteiger partial charge is 0.472 e. The van der Waals surface area contributed by atoms with Crippen molar-refractivity contribution in [2.75, 3.05) is 26.4 Å². The Kier molecular flexibility index (Phi) is 42.9. The maximum atomic E-state index is 12.1. The summed E-state index contributed by atoms with van der Waals surface area (Å²) < 4.78 is 26.9. The molecule has 0 aliphatic carbocycles. The number of esters is 1. The van der Waals surface area contributed by atoms with Gasteiger partial charge in [-0.15, -0.1) is 0 Å². The minimum absolute atomic E-state index is 0.0831. The molecule has 0 fully saturated rings. The molecule has 0 heterocycles. The molecule has 57 heavy (non-hydrogen) atoms. The van der Waals surface area contributed by atoms with Gasteiger partial charge in [-0.2, -0.15) is 0 Å². The Labute approximate surface area is 350 Å². The van der Waals surface area contributed by atoms with E-state index in [4.69, 9.17) is 13.8 Å². The highest BCUT2D eigenvalue weighted by molar-refractivity contribution is 7.47. The summed E-state index contributed by atoms with van der Waals surface area (Å²) in [6.45, 7) is 3.56. The monoisotopic (exact) mass is 828 g/mol. The summed E-state index contributed by atoms with van der Waals surface area (Å²) in [6, 6.07) is 0. The molecule has 0 aromatic rings. The second-order valence-electron chi connectivity index (χ2n) is 16.1. The number of ether oxygens (including phenoxy) is 1. The first-order valence-corrected chi connectivity index (χ1v) is 25.3. The Morgan fingerprint density at radius 1 is 0.544 bits per heavy atom. The van der Waals surface area contributed by atoms with Gasteiger partial charge in [-0.3, -0.25) is 18.6 Å². The average Bonchev–Trinajstić information content (AvgIpc) is 3.20. The smallest absolute Gasteiger partial charge is 0.463 e. The van der Waals surface area contributed by atoms with Crippen molar-refractivity contribution >= 4 is 19.7 Å². The van der Waals surface area contributed by atoms with E-state index in [0.29, 0.717) is 6.42 Å². The van der Waals surface area contributed by atoms with E-state index in [0.717, 1.165) is 44.9 Å². The number of aliphatic hydroxyl groups is 1. The maximum absolute atomic E-state index is 12.1. The third-order valence-corrected chi connectivity index (χ3v) is 11.4. The molecule has 0 aliphatic rings. The molecule has 336 valence electrons. The van der Waals surface area contributed by atoms with Gasteiger partial charge >= 0.3 is 13.8 Å². The molecule has 1 amide bonds. The quantitative estimate of drug-likeness (QED) is 0.0239. The fourth-order valence-corrected chi connectivity index (χ4v) is 7.52.